The van der Waals surface area contributed by atoms with Crippen molar-refractivity contribution in [1.82, 2.24) is 5.32 Å². The van der Waals surface area contributed by atoms with Crippen LogP contribution in [-0.2, 0) is 14.3 Å². The number of carbonyl (C=O) groups is 1. The molecule has 0 aromatic heterocycles. The van der Waals surface area contributed by atoms with Gasteiger partial charge in [-0.1, -0.05) is 65.2 Å². The molecule has 0 saturated carbocycles. The van der Waals surface area contributed by atoms with E-state index in [0.717, 1.165) is 39.0 Å². The van der Waals surface area contributed by atoms with Gasteiger partial charge >= 0.3 is 5.97 Å². The molecule has 0 aliphatic heterocycles. The third-order valence-electron chi connectivity index (χ3n) is 3.80. The Labute approximate surface area is 143 Å². The zero-order chi connectivity index (χ0) is 17.0. The molecular weight excluding hydrogens is 290 g/mol. The highest BCUT2D eigenvalue weighted by molar-refractivity contribution is 5.69. The smallest absolute Gasteiger partial charge is 0.305 e. The molecule has 0 atom stereocenters. The number of esters is 1. The third-order valence-corrected chi connectivity index (χ3v) is 3.80. The van der Waals surface area contributed by atoms with Gasteiger partial charge in [0, 0.05) is 26.1 Å². The minimum absolute atomic E-state index is 0.0584. The molecule has 0 heterocycles. The number of hydrogen-bond donors (Lipinski definition) is 1. The molecule has 0 fully saturated rings. The van der Waals surface area contributed by atoms with Crippen molar-refractivity contribution in [2.45, 2.75) is 84.5 Å². The van der Waals surface area contributed by atoms with E-state index in [0.29, 0.717) is 19.6 Å². The van der Waals surface area contributed by atoms with Crippen molar-refractivity contribution in [3.05, 3.63) is 0 Å². The van der Waals surface area contributed by atoms with E-state index in [-0.39, 0.29) is 5.97 Å². The van der Waals surface area contributed by atoms with E-state index in [1.165, 1.54) is 44.9 Å². The van der Waals surface area contributed by atoms with Crippen LogP contribution in [0.2, 0.25) is 0 Å². The van der Waals surface area contributed by atoms with E-state index in [1.807, 2.05) is 0 Å². The van der Waals surface area contributed by atoms with Crippen LogP contribution >= 0.6 is 0 Å². The maximum absolute atomic E-state index is 11.5. The standard InChI is InChI=1S/C19H39NO3/c1-3-5-6-7-8-9-10-11-12-13-19(21)23-18-15-20-14-17-22-16-4-2/h20H,3-18H2,1-2H3. The van der Waals surface area contributed by atoms with E-state index in [9.17, 15) is 4.79 Å². The average Bonchev–Trinajstić information content (AvgIpc) is 2.56. The SMILES string of the molecule is CCCCCCCCCCCC(=O)OCCNCCOCCC. The van der Waals surface area contributed by atoms with Crippen LogP contribution < -0.4 is 5.32 Å². The van der Waals surface area contributed by atoms with E-state index in [1.54, 1.807) is 0 Å². The predicted molar refractivity (Wildman–Crippen MR) is 96.8 cm³/mol. The van der Waals surface area contributed by atoms with Gasteiger partial charge in [-0.2, -0.15) is 0 Å². The molecule has 0 radical (unpaired) electrons. The van der Waals surface area contributed by atoms with Gasteiger partial charge < -0.3 is 14.8 Å². The van der Waals surface area contributed by atoms with Crippen LogP contribution in [0.1, 0.15) is 84.5 Å². The van der Waals surface area contributed by atoms with Crippen molar-refractivity contribution in [3.63, 3.8) is 0 Å². The number of nitrogens with one attached hydrogen (secondary N) is 1. The number of unbranched alkanes of at least 4 members (excludes halogenated alkanes) is 8. The molecule has 138 valence electrons. The lowest BCUT2D eigenvalue weighted by Crippen LogP contribution is -2.25. The lowest BCUT2D eigenvalue weighted by molar-refractivity contribution is -0.143. The molecule has 0 aliphatic carbocycles. The summed E-state index contributed by atoms with van der Waals surface area (Å²) in [6.07, 6.45) is 13.1. The summed E-state index contributed by atoms with van der Waals surface area (Å²) in [7, 11) is 0. The number of ether oxygens (including phenoxy) is 2. The van der Waals surface area contributed by atoms with E-state index in [2.05, 4.69) is 19.2 Å². The molecule has 0 bridgehead atoms. The summed E-state index contributed by atoms with van der Waals surface area (Å²) in [6.45, 7) is 7.87. The lowest BCUT2D eigenvalue weighted by Gasteiger charge is -2.07. The molecule has 1 N–H and O–H groups in total. The van der Waals surface area contributed by atoms with Crippen molar-refractivity contribution < 1.29 is 14.3 Å². The number of carbonyl (C=O) groups excluding carboxylic acids is 1. The molecule has 0 aromatic carbocycles. The first kappa shape index (κ1) is 22.4. The Morgan fingerprint density at radius 3 is 2.00 bits per heavy atom. The van der Waals surface area contributed by atoms with Gasteiger partial charge in [0.1, 0.15) is 6.61 Å². The Kier molecular flexibility index (Phi) is 18.9. The summed E-state index contributed by atoms with van der Waals surface area (Å²) >= 11 is 0. The molecule has 0 saturated heterocycles. The van der Waals surface area contributed by atoms with Crippen LogP contribution in [0.15, 0.2) is 0 Å². The minimum atomic E-state index is -0.0584. The monoisotopic (exact) mass is 329 g/mol. The molecule has 4 heteroatoms. The molecule has 0 aromatic rings. The quantitative estimate of drug-likeness (QED) is 0.298. The van der Waals surface area contributed by atoms with E-state index < -0.39 is 0 Å². The molecule has 23 heavy (non-hydrogen) atoms. The predicted octanol–water partition coefficient (Wildman–Crippen LogP) is 4.47. The Morgan fingerprint density at radius 1 is 0.739 bits per heavy atom. The fourth-order valence-electron chi connectivity index (χ4n) is 2.40. The fraction of sp³-hybridized carbons (Fsp3) is 0.947. The summed E-state index contributed by atoms with van der Waals surface area (Å²) < 4.78 is 10.6. The van der Waals surface area contributed by atoms with Crippen molar-refractivity contribution in [2.24, 2.45) is 0 Å². The van der Waals surface area contributed by atoms with Gasteiger partial charge in [-0.25, -0.2) is 0 Å². The van der Waals surface area contributed by atoms with Crippen LogP contribution in [-0.4, -0.2) is 38.9 Å². The van der Waals surface area contributed by atoms with Crippen LogP contribution in [0.5, 0.6) is 0 Å². The van der Waals surface area contributed by atoms with Crippen LogP contribution in [0, 0.1) is 0 Å². The lowest BCUT2D eigenvalue weighted by atomic mass is 10.1. The molecule has 0 spiro atoms. The maximum atomic E-state index is 11.5. The minimum Gasteiger partial charge on any atom is -0.464 e. The second-order valence-electron chi connectivity index (χ2n) is 6.16. The summed E-state index contributed by atoms with van der Waals surface area (Å²) in [5, 5.41) is 3.20. The Hall–Kier alpha value is -0.610. The molecular formula is C19H39NO3. The average molecular weight is 330 g/mol. The van der Waals surface area contributed by atoms with Crippen LogP contribution in [0.25, 0.3) is 0 Å². The van der Waals surface area contributed by atoms with Gasteiger partial charge in [0.25, 0.3) is 0 Å². The summed E-state index contributed by atoms with van der Waals surface area (Å²) in [6, 6.07) is 0. The fourth-order valence-corrected chi connectivity index (χ4v) is 2.40. The van der Waals surface area contributed by atoms with Crippen molar-refractivity contribution in [2.75, 3.05) is 32.9 Å². The second-order valence-corrected chi connectivity index (χ2v) is 6.16. The summed E-state index contributed by atoms with van der Waals surface area (Å²) in [4.78, 5) is 11.5. The molecule has 4 nitrogen and oxygen atoms in total. The molecule has 0 amide bonds. The normalized spacial score (nSPS) is 10.9. The van der Waals surface area contributed by atoms with E-state index >= 15 is 0 Å². The highest BCUT2D eigenvalue weighted by Crippen LogP contribution is 2.10. The van der Waals surface area contributed by atoms with Crippen molar-refractivity contribution in [1.29, 1.82) is 0 Å². The zero-order valence-corrected chi connectivity index (χ0v) is 15.5. The maximum Gasteiger partial charge on any atom is 0.305 e. The third kappa shape index (κ3) is 19.3. The van der Waals surface area contributed by atoms with Crippen molar-refractivity contribution in [3.8, 4) is 0 Å². The van der Waals surface area contributed by atoms with Gasteiger partial charge in [0.05, 0.1) is 6.61 Å². The Morgan fingerprint density at radius 2 is 1.35 bits per heavy atom. The van der Waals surface area contributed by atoms with Crippen molar-refractivity contribution >= 4 is 5.97 Å². The molecule has 0 rings (SSSR count). The van der Waals surface area contributed by atoms with Crippen LogP contribution in [0.3, 0.4) is 0 Å². The summed E-state index contributed by atoms with van der Waals surface area (Å²) in [5.74, 6) is -0.0584. The topological polar surface area (TPSA) is 47.6 Å². The molecule has 0 aliphatic rings. The number of rotatable bonds is 18. The summed E-state index contributed by atoms with van der Waals surface area (Å²) in [5.41, 5.74) is 0. The Balaban J connectivity index is 3.13. The Bertz CT molecular complexity index is 247. The van der Waals surface area contributed by atoms with Gasteiger partial charge in [0.15, 0.2) is 0 Å². The van der Waals surface area contributed by atoms with Crippen LogP contribution in [0.4, 0.5) is 0 Å². The largest absolute Gasteiger partial charge is 0.464 e. The number of hydrogen-bond acceptors (Lipinski definition) is 4. The first-order valence-corrected chi connectivity index (χ1v) is 9.75. The zero-order valence-electron chi connectivity index (χ0n) is 15.5. The van der Waals surface area contributed by atoms with Gasteiger partial charge in [-0.3, -0.25) is 4.79 Å². The highest BCUT2D eigenvalue weighted by atomic mass is 16.5. The van der Waals surface area contributed by atoms with Gasteiger partial charge in [-0.15, -0.1) is 0 Å². The molecule has 0 unspecified atom stereocenters. The van der Waals surface area contributed by atoms with Gasteiger partial charge in [0.2, 0.25) is 0 Å². The first-order chi connectivity index (χ1) is 11.3. The van der Waals surface area contributed by atoms with Gasteiger partial charge in [-0.05, 0) is 12.8 Å². The first-order valence-electron chi connectivity index (χ1n) is 9.75. The van der Waals surface area contributed by atoms with E-state index in [4.69, 9.17) is 9.47 Å². The second kappa shape index (κ2) is 19.4. The highest BCUT2D eigenvalue weighted by Gasteiger charge is 2.02.